The van der Waals surface area contributed by atoms with Gasteiger partial charge in [0.15, 0.2) is 0 Å². The Balaban J connectivity index is 3.04. The fourth-order valence-electron chi connectivity index (χ4n) is 1.02. The van der Waals surface area contributed by atoms with E-state index in [1.54, 1.807) is 7.05 Å². The fourth-order valence-corrected chi connectivity index (χ4v) is 2.02. The predicted molar refractivity (Wildman–Crippen MR) is 50.3 cm³/mol. The number of carbonyl (C=O) groups is 1. The third-order valence-corrected chi connectivity index (χ3v) is 2.68. The van der Waals surface area contributed by atoms with Crippen molar-refractivity contribution in [3.8, 4) is 0 Å². The van der Waals surface area contributed by atoms with Crippen LogP contribution in [0.4, 0.5) is 0 Å². The molecule has 0 aliphatic heterocycles. The summed E-state index contributed by atoms with van der Waals surface area (Å²) in [6, 6.07) is 1.95. The summed E-state index contributed by atoms with van der Waals surface area (Å²) in [6.45, 7) is 2.39. The molecule has 3 N–H and O–H groups in total. The molecule has 1 aromatic heterocycles. The Morgan fingerprint density at radius 2 is 2.42 bits per heavy atom. The van der Waals surface area contributed by atoms with Gasteiger partial charge in [-0.05, 0) is 18.6 Å². The number of hydrogen-bond donors (Lipinski definition) is 2. The van der Waals surface area contributed by atoms with Gasteiger partial charge >= 0.3 is 0 Å². The molecule has 3 nitrogen and oxygen atoms in total. The minimum Gasteiger partial charge on any atom is -0.354 e. The minimum atomic E-state index is -0.0476. The molecule has 1 rings (SSSR count). The van der Waals surface area contributed by atoms with Gasteiger partial charge < -0.3 is 11.1 Å². The van der Waals surface area contributed by atoms with Gasteiger partial charge in [0, 0.05) is 18.5 Å². The maximum absolute atomic E-state index is 11.3. The number of hydrogen-bond acceptors (Lipinski definition) is 3. The van der Waals surface area contributed by atoms with E-state index in [0.717, 1.165) is 15.3 Å². The molecule has 66 valence electrons. The predicted octanol–water partition coefficient (Wildman–Crippen LogP) is 0.875. The summed E-state index contributed by atoms with van der Waals surface area (Å²) in [5, 5.41) is 2.59. The number of amides is 1. The summed E-state index contributed by atoms with van der Waals surface area (Å²) < 4.78 is 0. The van der Waals surface area contributed by atoms with Crippen molar-refractivity contribution in [2.45, 2.75) is 13.5 Å². The highest BCUT2D eigenvalue weighted by Crippen LogP contribution is 2.20. The van der Waals surface area contributed by atoms with Gasteiger partial charge in [0.2, 0.25) is 0 Å². The van der Waals surface area contributed by atoms with Crippen molar-refractivity contribution in [1.29, 1.82) is 0 Å². The Bertz CT molecular complexity index is 293. The number of thiophene rings is 1. The van der Waals surface area contributed by atoms with E-state index in [1.165, 1.54) is 11.3 Å². The second-order valence-electron chi connectivity index (χ2n) is 2.49. The Morgan fingerprint density at radius 1 is 1.75 bits per heavy atom. The van der Waals surface area contributed by atoms with Crippen LogP contribution >= 0.6 is 11.3 Å². The normalized spacial score (nSPS) is 9.92. The van der Waals surface area contributed by atoms with Crippen LogP contribution in [0.1, 0.15) is 20.1 Å². The number of aryl methyl sites for hydroxylation is 1. The average Bonchev–Trinajstić information content (AvgIpc) is 2.45. The van der Waals surface area contributed by atoms with E-state index < -0.39 is 0 Å². The van der Waals surface area contributed by atoms with Gasteiger partial charge in [0.25, 0.3) is 5.91 Å². The first-order valence-corrected chi connectivity index (χ1v) is 4.52. The third-order valence-electron chi connectivity index (χ3n) is 1.59. The monoisotopic (exact) mass is 184 g/mol. The van der Waals surface area contributed by atoms with E-state index in [4.69, 9.17) is 5.73 Å². The minimum absolute atomic E-state index is 0.0476. The Hall–Kier alpha value is -0.870. The van der Waals surface area contributed by atoms with Crippen molar-refractivity contribution in [3.05, 3.63) is 21.4 Å². The molecule has 0 bridgehead atoms. The lowest BCUT2D eigenvalue weighted by Gasteiger charge is -1.97. The van der Waals surface area contributed by atoms with Gasteiger partial charge in [0.1, 0.15) is 0 Å². The smallest absolute Gasteiger partial charge is 0.261 e. The molecule has 0 aromatic carbocycles. The van der Waals surface area contributed by atoms with E-state index in [2.05, 4.69) is 5.32 Å². The molecule has 4 heteroatoms. The van der Waals surface area contributed by atoms with E-state index in [9.17, 15) is 4.79 Å². The SMILES string of the molecule is CNC(=O)c1sc(C)cc1CN. The lowest BCUT2D eigenvalue weighted by atomic mass is 10.2. The lowest BCUT2D eigenvalue weighted by molar-refractivity contribution is 0.0966. The van der Waals surface area contributed by atoms with Gasteiger partial charge in [0.05, 0.1) is 4.88 Å². The van der Waals surface area contributed by atoms with Crippen LogP contribution in [-0.2, 0) is 6.54 Å². The molecule has 0 saturated heterocycles. The van der Waals surface area contributed by atoms with Crippen LogP contribution in [0.15, 0.2) is 6.07 Å². The molecule has 0 aliphatic rings. The maximum Gasteiger partial charge on any atom is 0.261 e. The summed E-state index contributed by atoms with van der Waals surface area (Å²) in [7, 11) is 1.62. The van der Waals surface area contributed by atoms with E-state index >= 15 is 0 Å². The van der Waals surface area contributed by atoms with Gasteiger partial charge in [-0.1, -0.05) is 0 Å². The average molecular weight is 184 g/mol. The molecule has 0 spiro atoms. The fraction of sp³-hybridized carbons (Fsp3) is 0.375. The first-order chi connectivity index (χ1) is 5.69. The first-order valence-electron chi connectivity index (χ1n) is 3.70. The number of rotatable bonds is 2. The number of carbonyl (C=O) groups excluding carboxylic acids is 1. The second kappa shape index (κ2) is 3.69. The van der Waals surface area contributed by atoms with Crippen LogP contribution in [0, 0.1) is 6.92 Å². The number of nitrogens with one attached hydrogen (secondary N) is 1. The quantitative estimate of drug-likeness (QED) is 0.716. The van der Waals surface area contributed by atoms with Crippen LogP contribution in [0.3, 0.4) is 0 Å². The highest BCUT2D eigenvalue weighted by molar-refractivity contribution is 7.14. The van der Waals surface area contributed by atoms with Gasteiger partial charge in [-0.15, -0.1) is 11.3 Å². The lowest BCUT2D eigenvalue weighted by Crippen LogP contribution is -2.18. The van der Waals surface area contributed by atoms with Crippen molar-refractivity contribution in [1.82, 2.24) is 5.32 Å². The van der Waals surface area contributed by atoms with Gasteiger partial charge in [-0.25, -0.2) is 0 Å². The highest BCUT2D eigenvalue weighted by atomic mass is 32.1. The largest absolute Gasteiger partial charge is 0.354 e. The molecule has 1 aromatic rings. The zero-order valence-corrected chi connectivity index (χ0v) is 7.99. The summed E-state index contributed by atoms with van der Waals surface area (Å²) in [6.07, 6.45) is 0. The maximum atomic E-state index is 11.3. The highest BCUT2D eigenvalue weighted by Gasteiger charge is 2.11. The summed E-state index contributed by atoms with van der Waals surface area (Å²) in [5.41, 5.74) is 6.41. The van der Waals surface area contributed by atoms with Crippen molar-refractivity contribution in [2.24, 2.45) is 5.73 Å². The Labute approximate surface area is 75.6 Å². The van der Waals surface area contributed by atoms with E-state index in [1.807, 2.05) is 13.0 Å². The summed E-state index contributed by atoms with van der Waals surface area (Å²) in [4.78, 5) is 13.1. The topological polar surface area (TPSA) is 55.1 Å². The van der Waals surface area contributed by atoms with Crippen molar-refractivity contribution >= 4 is 17.2 Å². The van der Waals surface area contributed by atoms with E-state index in [0.29, 0.717) is 6.54 Å². The standard InChI is InChI=1S/C8H12N2OS/c1-5-3-6(4-9)7(12-5)8(11)10-2/h3H,4,9H2,1-2H3,(H,10,11). The first kappa shape index (κ1) is 9.22. The molecule has 0 radical (unpaired) electrons. The summed E-state index contributed by atoms with van der Waals surface area (Å²) >= 11 is 1.48. The third kappa shape index (κ3) is 1.65. The Kier molecular flexibility index (Phi) is 2.83. The molecule has 0 unspecified atom stereocenters. The molecule has 0 fully saturated rings. The molecule has 0 atom stereocenters. The van der Waals surface area contributed by atoms with Crippen molar-refractivity contribution in [3.63, 3.8) is 0 Å². The van der Waals surface area contributed by atoms with Crippen LogP contribution in [-0.4, -0.2) is 13.0 Å². The molecular formula is C8H12N2OS. The molecule has 0 aliphatic carbocycles. The van der Waals surface area contributed by atoms with E-state index in [-0.39, 0.29) is 5.91 Å². The van der Waals surface area contributed by atoms with Crippen molar-refractivity contribution in [2.75, 3.05) is 7.05 Å². The second-order valence-corrected chi connectivity index (χ2v) is 3.75. The van der Waals surface area contributed by atoms with Crippen LogP contribution in [0.5, 0.6) is 0 Å². The number of nitrogens with two attached hydrogens (primary N) is 1. The van der Waals surface area contributed by atoms with Crippen LogP contribution in [0.25, 0.3) is 0 Å². The van der Waals surface area contributed by atoms with Crippen molar-refractivity contribution < 1.29 is 4.79 Å². The molecule has 1 heterocycles. The zero-order valence-electron chi connectivity index (χ0n) is 7.18. The van der Waals surface area contributed by atoms with Crippen LogP contribution < -0.4 is 11.1 Å². The van der Waals surface area contributed by atoms with Crippen LogP contribution in [0.2, 0.25) is 0 Å². The summed E-state index contributed by atoms with van der Waals surface area (Å²) in [5.74, 6) is -0.0476. The Morgan fingerprint density at radius 3 is 2.92 bits per heavy atom. The molecule has 12 heavy (non-hydrogen) atoms. The zero-order chi connectivity index (χ0) is 9.14. The van der Waals surface area contributed by atoms with Gasteiger partial charge in [-0.2, -0.15) is 0 Å². The molecule has 1 amide bonds. The van der Waals surface area contributed by atoms with Gasteiger partial charge in [-0.3, -0.25) is 4.79 Å². The molecule has 0 saturated carbocycles. The molecular weight excluding hydrogens is 172 g/mol.